The number of nitrogens with one attached hydrogen (secondary N) is 1. The van der Waals surface area contributed by atoms with Crippen LogP contribution in [-0.4, -0.2) is 36.4 Å². The summed E-state index contributed by atoms with van der Waals surface area (Å²) in [6, 6.07) is 1.25. The van der Waals surface area contributed by atoms with Crippen molar-refractivity contribution in [3.8, 4) is 0 Å². The van der Waals surface area contributed by atoms with Crippen LogP contribution in [0, 0.1) is 0 Å². The Hall–Kier alpha value is -0.280. The molecule has 0 saturated heterocycles. The molecule has 0 aromatic rings. The second kappa shape index (κ2) is 9.62. The van der Waals surface area contributed by atoms with Crippen LogP contribution in [0.25, 0.3) is 0 Å². The van der Waals surface area contributed by atoms with Gasteiger partial charge in [0.15, 0.2) is 0 Å². The lowest BCUT2D eigenvalue weighted by atomic mass is 10.2. The van der Waals surface area contributed by atoms with Gasteiger partial charge in [-0.05, 0) is 44.3 Å². The first-order chi connectivity index (χ1) is 8.15. The number of halogens is 1. The number of amides is 1. The van der Waals surface area contributed by atoms with E-state index in [1.54, 1.807) is 11.9 Å². The second-order valence-electron chi connectivity index (χ2n) is 5.07. The van der Waals surface area contributed by atoms with Crippen LogP contribution in [0.4, 0.5) is 4.79 Å². The summed E-state index contributed by atoms with van der Waals surface area (Å²) in [7, 11) is 3.82. The molecule has 0 heterocycles. The predicted octanol–water partition coefficient (Wildman–Crippen LogP) is 4.00. The Kier molecular flexibility index (Phi) is 9.47. The van der Waals surface area contributed by atoms with Gasteiger partial charge in [-0.25, -0.2) is 0 Å². The van der Waals surface area contributed by atoms with Crippen molar-refractivity contribution in [1.82, 2.24) is 10.2 Å². The number of nitrogens with zero attached hydrogens (tertiary/aromatic N) is 1. The molecule has 4 heteroatoms. The third kappa shape index (κ3) is 6.05. The van der Waals surface area contributed by atoms with E-state index in [2.05, 4.69) is 12.4 Å². The Bertz CT molecular complexity index is 224. The third-order valence-electron chi connectivity index (χ3n) is 3.91. The topological polar surface area (TPSA) is 32.3 Å². The van der Waals surface area contributed by atoms with Crippen molar-refractivity contribution in [2.24, 2.45) is 0 Å². The van der Waals surface area contributed by atoms with E-state index in [4.69, 9.17) is 11.6 Å². The average molecular weight is 277 g/mol. The van der Waals surface area contributed by atoms with Gasteiger partial charge < -0.3 is 10.2 Å². The summed E-state index contributed by atoms with van der Waals surface area (Å²) in [6.07, 6.45) is 10.4. The van der Waals surface area contributed by atoms with Gasteiger partial charge in [-0.15, -0.1) is 0 Å². The highest BCUT2D eigenvalue weighted by molar-refractivity contribution is 6.62. The van der Waals surface area contributed by atoms with Crippen molar-refractivity contribution in [2.75, 3.05) is 14.1 Å². The zero-order valence-corrected chi connectivity index (χ0v) is 11.8. The molecule has 108 valence electrons. The maximum atomic E-state index is 10.6. The SMILES string of the molecule is C.CN(C(=O)Cl)C1CCCC1.CNC1CCCC1. The van der Waals surface area contributed by atoms with Crippen molar-refractivity contribution in [1.29, 1.82) is 0 Å². The molecule has 2 saturated carbocycles. The molecule has 3 nitrogen and oxygen atoms in total. The van der Waals surface area contributed by atoms with Gasteiger partial charge in [0.05, 0.1) is 0 Å². The van der Waals surface area contributed by atoms with E-state index in [0.29, 0.717) is 6.04 Å². The van der Waals surface area contributed by atoms with E-state index in [1.165, 1.54) is 38.5 Å². The van der Waals surface area contributed by atoms with E-state index in [1.807, 2.05) is 0 Å². The van der Waals surface area contributed by atoms with Crippen molar-refractivity contribution >= 4 is 17.0 Å². The molecule has 0 radical (unpaired) electrons. The molecule has 18 heavy (non-hydrogen) atoms. The Morgan fingerprint density at radius 1 is 1.11 bits per heavy atom. The Morgan fingerprint density at radius 3 is 1.89 bits per heavy atom. The van der Waals surface area contributed by atoms with Gasteiger partial charge in [0.2, 0.25) is 0 Å². The number of carbonyl (C=O) groups is 1. The first kappa shape index (κ1) is 17.7. The maximum absolute atomic E-state index is 10.6. The zero-order valence-electron chi connectivity index (χ0n) is 11.0. The fourth-order valence-corrected chi connectivity index (χ4v) is 2.79. The van der Waals surface area contributed by atoms with Gasteiger partial charge >= 0.3 is 5.37 Å². The molecular formula is C14H29ClN2O. The predicted molar refractivity (Wildman–Crippen MR) is 79.3 cm³/mol. The van der Waals surface area contributed by atoms with Crippen molar-refractivity contribution < 1.29 is 4.79 Å². The smallest absolute Gasteiger partial charge is 0.316 e. The Morgan fingerprint density at radius 2 is 1.56 bits per heavy atom. The summed E-state index contributed by atoms with van der Waals surface area (Å²) in [5, 5.41) is 2.94. The van der Waals surface area contributed by atoms with Gasteiger partial charge in [-0.1, -0.05) is 33.1 Å². The fourth-order valence-electron chi connectivity index (χ4n) is 2.65. The Labute approximate surface area is 117 Å². The number of hydrogen-bond acceptors (Lipinski definition) is 2. The lowest BCUT2D eigenvalue weighted by molar-refractivity contribution is 0.215. The minimum absolute atomic E-state index is 0. The molecule has 2 aliphatic rings. The molecule has 2 fully saturated rings. The van der Waals surface area contributed by atoms with Crippen LogP contribution >= 0.6 is 11.6 Å². The number of rotatable bonds is 2. The van der Waals surface area contributed by atoms with Crippen LogP contribution in [0.2, 0.25) is 0 Å². The van der Waals surface area contributed by atoms with Gasteiger partial charge in [0.25, 0.3) is 0 Å². The zero-order chi connectivity index (χ0) is 12.7. The molecule has 0 aromatic heterocycles. The number of hydrogen-bond donors (Lipinski definition) is 1. The van der Waals surface area contributed by atoms with E-state index in [9.17, 15) is 4.79 Å². The van der Waals surface area contributed by atoms with Gasteiger partial charge in [0, 0.05) is 19.1 Å². The molecule has 0 unspecified atom stereocenters. The standard InChI is InChI=1S/C7H12ClNO.C6H13N.CH4/c1-9(7(8)10)6-4-2-3-5-6;1-7-6-4-2-3-5-6;/h6H,2-5H2,1H3;6-7H,2-5H2,1H3;1H4. The molecule has 0 aliphatic heterocycles. The van der Waals surface area contributed by atoms with Crippen molar-refractivity contribution in [3.05, 3.63) is 0 Å². The molecule has 0 spiro atoms. The van der Waals surface area contributed by atoms with Crippen LogP contribution in [0.1, 0.15) is 58.8 Å². The lowest BCUT2D eigenvalue weighted by Crippen LogP contribution is -2.30. The number of carbonyl (C=O) groups excluding carboxylic acids is 1. The first-order valence-corrected chi connectivity index (χ1v) is 7.12. The van der Waals surface area contributed by atoms with Crippen molar-refractivity contribution in [3.63, 3.8) is 0 Å². The van der Waals surface area contributed by atoms with Gasteiger partial charge in [-0.2, -0.15) is 0 Å². The van der Waals surface area contributed by atoms with Gasteiger partial charge in [0.1, 0.15) is 0 Å². The molecule has 0 bridgehead atoms. The van der Waals surface area contributed by atoms with Crippen LogP contribution in [0.5, 0.6) is 0 Å². The minimum Gasteiger partial charge on any atom is -0.329 e. The quantitative estimate of drug-likeness (QED) is 0.611. The van der Waals surface area contributed by atoms with Crippen LogP contribution in [-0.2, 0) is 0 Å². The fraction of sp³-hybridized carbons (Fsp3) is 0.929. The van der Waals surface area contributed by atoms with E-state index >= 15 is 0 Å². The van der Waals surface area contributed by atoms with E-state index in [0.717, 1.165) is 18.9 Å². The largest absolute Gasteiger partial charge is 0.329 e. The first-order valence-electron chi connectivity index (χ1n) is 6.74. The minimum atomic E-state index is -0.327. The molecular weight excluding hydrogens is 248 g/mol. The molecule has 1 N–H and O–H groups in total. The molecule has 1 amide bonds. The summed E-state index contributed by atoms with van der Waals surface area (Å²) in [4.78, 5) is 12.3. The highest BCUT2D eigenvalue weighted by atomic mass is 35.5. The molecule has 0 aromatic carbocycles. The van der Waals surface area contributed by atoms with Gasteiger partial charge in [-0.3, -0.25) is 4.79 Å². The molecule has 2 rings (SSSR count). The van der Waals surface area contributed by atoms with Crippen LogP contribution in [0.15, 0.2) is 0 Å². The normalized spacial score (nSPS) is 19.9. The lowest BCUT2D eigenvalue weighted by Gasteiger charge is -2.20. The average Bonchev–Trinajstić information content (AvgIpc) is 3.01. The van der Waals surface area contributed by atoms with Crippen LogP contribution < -0.4 is 5.32 Å². The summed E-state index contributed by atoms with van der Waals surface area (Å²) in [5.41, 5.74) is 0. The summed E-state index contributed by atoms with van der Waals surface area (Å²) < 4.78 is 0. The molecule has 2 aliphatic carbocycles. The summed E-state index contributed by atoms with van der Waals surface area (Å²) in [5.74, 6) is 0. The van der Waals surface area contributed by atoms with E-state index in [-0.39, 0.29) is 12.8 Å². The second-order valence-corrected chi connectivity index (χ2v) is 5.40. The van der Waals surface area contributed by atoms with E-state index < -0.39 is 0 Å². The maximum Gasteiger partial charge on any atom is 0.316 e. The van der Waals surface area contributed by atoms with Crippen LogP contribution in [0.3, 0.4) is 0 Å². The summed E-state index contributed by atoms with van der Waals surface area (Å²) in [6.45, 7) is 0. The third-order valence-corrected chi connectivity index (χ3v) is 4.18. The molecule has 0 atom stereocenters. The Balaban J connectivity index is 0.000000321. The highest BCUT2D eigenvalue weighted by Gasteiger charge is 2.21. The monoisotopic (exact) mass is 276 g/mol. The van der Waals surface area contributed by atoms with Crippen molar-refractivity contribution in [2.45, 2.75) is 70.9 Å². The summed E-state index contributed by atoms with van der Waals surface area (Å²) >= 11 is 5.30. The highest BCUT2D eigenvalue weighted by Crippen LogP contribution is 2.22.